The predicted molar refractivity (Wildman–Crippen MR) is 417 cm³/mol. The second-order valence-corrected chi connectivity index (χ2v) is 29.8. The quantitative estimate of drug-likeness (QED) is 0.0166. The number of hydrogen-bond donors (Lipinski definition) is 24. The number of thioether (sulfide) groups is 2. The van der Waals surface area contributed by atoms with Crippen LogP contribution in [-0.4, -0.2) is 295 Å². The van der Waals surface area contributed by atoms with Crippen molar-refractivity contribution in [1.29, 1.82) is 0 Å². The molecule has 29 N–H and O–H groups in total. The fraction of sp³-hybridized carbons (Fsp3) is 0.643. The van der Waals surface area contributed by atoms with Crippen molar-refractivity contribution in [2.45, 2.75) is 209 Å². The Bertz CT molecular complexity index is 3650. The van der Waals surface area contributed by atoms with Gasteiger partial charge in [0.05, 0.1) is 38.6 Å². The van der Waals surface area contributed by atoms with E-state index in [4.69, 9.17) is 28.7 Å². The molecule has 0 spiro atoms. The van der Waals surface area contributed by atoms with Crippen LogP contribution in [0.4, 0.5) is 0 Å². The number of primary amides is 2. The van der Waals surface area contributed by atoms with Crippen LogP contribution in [0.3, 0.4) is 0 Å². The highest BCUT2D eigenvalue weighted by molar-refractivity contribution is 7.98. The van der Waals surface area contributed by atoms with E-state index < -0.39 is 230 Å². The van der Waals surface area contributed by atoms with Crippen LogP contribution in [0.2, 0.25) is 0 Å². The summed E-state index contributed by atoms with van der Waals surface area (Å²) in [5.74, 6) is -17.3. The van der Waals surface area contributed by atoms with Gasteiger partial charge in [0.25, 0.3) is 0 Å². The van der Waals surface area contributed by atoms with Crippen LogP contribution in [-0.2, 0) is 83.1 Å². The molecule has 42 nitrogen and oxygen atoms in total. The van der Waals surface area contributed by atoms with E-state index in [0.717, 1.165) is 4.90 Å². The standard InChI is InChI=1S/C70H114N20O22S2/c1-8-35(4)54(88-60(102)44(22-26-114-7)81-67(109)55(36(5)95)89-56(98)39(71)17-19-52(72)96)66(108)80-42(18-20-53(73)97)58(100)87-50(33-94)68(110)90-24-12-16-51(90)65(107)79-43(21-25-113-6)59(101)82-45(28-37-29-77-40-14-10-9-13-38(37)40)61(103)85-47(30-91)62(104)78-41(15-11-23-76-70(74)75)57(99)84-49(32-93)64(106)86-48(31-92)63(105)83-46(69(111)112)27-34(2)3/h9-10,13-14,29,34-36,39,41-51,54-55,77,91-95H,8,11-12,15-28,30-33,71H2,1-7H3,(H2,72,96)(H2,73,97)(H,78,104)(H,79,107)(H,80,108)(H,81,109)(H,82,101)(H,83,105)(H,84,99)(H,85,103)(H,86,106)(H,87,100)(H,88,102)(H,89,98)(H,111,112)(H4,74,75,76)/t35-,36+,39-,41-,42-,43-,44-,45-,46-,47-,48-,49-,50-,51-,54-,55-/m0/s1. The van der Waals surface area contributed by atoms with Crippen LogP contribution >= 0.6 is 23.5 Å². The molecule has 1 aromatic heterocycles. The number of para-hydroxylation sites is 1. The van der Waals surface area contributed by atoms with Gasteiger partial charge >= 0.3 is 5.97 Å². The normalized spacial score (nSPS) is 16.5. The summed E-state index contributed by atoms with van der Waals surface area (Å²) < 4.78 is 0. The number of hydrogen-bond acceptors (Lipinski definition) is 25. The minimum Gasteiger partial charge on any atom is -0.480 e. The number of aliphatic carboxylic acids is 1. The number of H-pyrrole nitrogens is 1. The van der Waals surface area contributed by atoms with Crippen LogP contribution < -0.4 is 92.5 Å². The van der Waals surface area contributed by atoms with Crippen molar-refractivity contribution in [3.05, 3.63) is 36.0 Å². The Hall–Kier alpha value is -9.99. The third kappa shape index (κ3) is 32.5. The summed E-state index contributed by atoms with van der Waals surface area (Å²) in [7, 11) is 0. The number of nitrogens with zero attached hydrogens (tertiary/aromatic N) is 2. The molecule has 3 rings (SSSR count). The maximum Gasteiger partial charge on any atom is 0.326 e. The molecule has 2 heterocycles. The summed E-state index contributed by atoms with van der Waals surface area (Å²) in [6.07, 6.45) is 1.63. The lowest BCUT2D eigenvalue weighted by Crippen LogP contribution is -2.62. The molecular formula is C70H114N20O22S2. The molecular weight excluding hydrogens is 1540 g/mol. The van der Waals surface area contributed by atoms with Crippen molar-refractivity contribution < 1.29 is 107 Å². The molecule has 44 heteroatoms. The summed E-state index contributed by atoms with van der Waals surface area (Å²) in [5, 5.41) is 91.5. The van der Waals surface area contributed by atoms with Crippen molar-refractivity contribution in [2.24, 2.45) is 45.5 Å². The first kappa shape index (κ1) is 98.2. The molecule has 0 aliphatic carbocycles. The number of nitrogens with one attached hydrogen (secondary N) is 13. The number of likely N-dealkylation sites (tertiary alicyclic amines) is 1. The molecule has 2 aromatic rings. The molecule has 1 saturated heterocycles. The van der Waals surface area contributed by atoms with Gasteiger partial charge in [-0.05, 0) is 112 Å². The number of aromatic amines is 1. The average molecular weight is 1650 g/mol. The number of fused-ring (bicyclic) bond motifs is 1. The van der Waals surface area contributed by atoms with Crippen molar-refractivity contribution in [2.75, 3.05) is 63.5 Å². The number of aliphatic hydroxyl groups excluding tert-OH is 5. The molecule has 0 unspecified atom stereocenters. The highest BCUT2D eigenvalue weighted by Gasteiger charge is 2.42. The summed E-state index contributed by atoms with van der Waals surface area (Å²) in [6.45, 7) is 3.23. The summed E-state index contributed by atoms with van der Waals surface area (Å²) in [5.41, 5.74) is 28.6. The zero-order valence-corrected chi connectivity index (χ0v) is 66.5. The monoisotopic (exact) mass is 1650 g/mol. The lowest BCUT2D eigenvalue weighted by Gasteiger charge is -2.31. The molecule has 1 aromatic carbocycles. The number of aliphatic hydroxyl groups is 5. The maximum absolute atomic E-state index is 14.7. The Morgan fingerprint density at radius 2 is 0.965 bits per heavy atom. The first-order chi connectivity index (χ1) is 53.9. The fourth-order valence-electron chi connectivity index (χ4n) is 11.8. The van der Waals surface area contributed by atoms with E-state index in [1.54, 1.807) is 70.7 Å². The number of carboxylic acid groups (broad SMARTS) is 1. The van der Waals surface area contributed by atoms with Gasteiger partial charge in [-0.25, -0.2) is 4.79 Å². The van der Waals surface area contributed by atoms with E-state index in [-0.39, 0.29) is 107 Å². The van der Waals surface area contributed by atoms with Gasteiger partial charge < -0.3 is 133 Å². The number of guanidine groups is 1. The number of carbonyl (C=O) groups excluding carboxylic acids is 15. The smallest absolute Gasteiger partial charge is 0.326 e. The largest absolute Gasteiger partial charge is 0.480 e. The molecule has 0 bridgehead atoms. The topological polar surface area (TPSA) is 700 Å². The SMILES string of the molecule is CC[C@H](C)[C@H](NC(=O)[C@H](CCSC)NC(=O)[C@@H](NC(=O)[C@@H](N)CCC(N)=O)[C@@H](C)O)C(=O)N[C@@H](CCC(N)=O)C(=O)N[C@@H](CO)C(=O)N1CCC[C@H]1C(=O)N[C@@H](CCSC)C(=O)N[C@@H](Cc1c[nH]c2ccccc12)C(=O)N[C@@H](CO)C(=O)N[C@@H](CCCN=C(N)N)C(=O)N[C@@H](CO)C(=O)N[C@@H](CO)C(=O)N[C@@H](CC(C)C)C(=O)O. The second-order valence-electron chi connectivity index (χ2n) is 27.8. The van der Waals surface area contributed by atoms with Crippen molar-refractivity contribution >= 4 is 135 Å². The Labute approximate surface area is 666 Å². The molecule has 1 aliphatic heterocycles. The van der Waals surface area contributed by atoms with Gasteiger partial charge in [0.2, 0.25) is 88.6 Å². The molecule has 0 radical (unpaired) electrons. The van der Waals surface area contributed by atoms with E-state index in [0.29, 0.717) is 16.5 Å². The van der Waals surface area contributed by atoms with E-state index in [1.165, 1.54) is 30.4 Å². The Morgan fingerprint density at radius 1 is 0.535 bits per heavy atom. The molecule has 638 valence electrons. The molecule has 0 saturated carbocycles. The Balaban J connectivity index is 1.92. The average Bonchev–Trinajstić information content (AvgIpc) is 1.68. The van der Waals surface area contributed by atoms with Gasteiger partial charge in [-0.15, -0.1) is 0 Å². The van der Waals surface area contributed by atoms with Crippen LogP contribution in [0.25, 0.3) is 10.9 Å². The molecule has 114 heavy (non-hydrogen) atoms. The first-order valence-electron chi connectivity index (χ1n) is 37.1. The maximum atomic E-state index is 14.7. The molecule has 1 aliphatic rings. The lowest BCUT2D eigenvalue weighted by atomic mass is 9.96. The third-order valence-corrected chi connectivity index (χ3v) is 19.7. The van der Waals surface area contributed by atoms with Gasteiger partial charge in [0.1, 0.15) is 78.5 Å². The summed E-state index contributed by atoms with van der Waals surface area (Å²) >= 11 is 2.57. The van der Waals surface area contributed by atoms with Crippen LogP contribution in [0, 0.1) is 11.8 Å². The first-order valence-corrected chi connectivity index (χ1v) is 39.9. The number of benzene rings is 1. The van der Waals surface area contributed by atoms with Gasteiger partial charge in [0, 0.05) is 49.5 Å². The number of carboxylic acids is 1. The second kappa shape index (κ2) is 50.3. The number of amides is 15. The minimum atomic E-state index is -1.90. The van der Waals surface area contributed by atoms with Gasteiger partial charge in [-0.3, -0.25) is 76.9 Å². The van der Waals surface area contributed by atoms with E-state index >= 15 is 0 Å². The van der Waals surface area contributed by atoms with Crippen molar-refractivity contribution in [1.82, 2.24) is 73.7 Å². The number of nitrogens with two attached hydrogens (primary N) is 5. The predicted octanol–water partition coefficient (Wildman–Crippen LogP) is -8.54. The minimum absolute atomic E-state index is 0.0113. The van der Waals surface area contributed by atoms with E-state index in [1.807, 2.05) is 0 Å². The number of rotatable bonds is 53. The van der Waals surface area contributed by atoms with Gasteiger partial charge in [-0.2, -0.15) is 23.5 Å². The van der Waals surface area contributed by atoms with Crippen molar-refractivity contribution in [3.8, 4) is 0 Å². The zero-order valence-electron chi connectivity index (χ0n) is 64.9. The van der Waals surface area contributed by atoms with Gasteiger partial charge in [0.15, 0.2) is 5.96 Å². The number of aliphatic imine (C=N–C) groups is 1. The van der Waals surface area contributed by atoms with Crippen LogP contribution in [0.5, 0.6) is 0 Å². The number of aromatic nitrogens is 1. The highest BCUT2D eigenvalue weighted by atomic mass is 32.2. The molecule has 1 fully saturated rings. The van der Waals surface area contributed by atoms with Crippen LogP contribution in [0.15, 0.2) is 35.5 Å². The van der Waals surface area contributed by atoms with E-state index in [9.17, 15) is 107 Å². The Morgan fingerprint density at radius 3 is 1.46 bits per heavy atom. The fourth-order valence-corrected chi connectivity index (χ4v) is 12.7. The van der Waals surface area contributed by atoms with Gasteiger partial charge in [-0.1, -0.05) is 52.3 Å². The van der Waals surface area contributed by atoms with Crippen molar-refractivity contribution in [3.63, 3.8) is 0 Å². The Kier molecular flexibility index (Phi) is 43.3. The summed E-state index contributed by atoms with van der Waals surface area (Å²) in [6, 6.07) is -15.5. The van der Waals surface area contributed by atoms with E-state index in [2.05, 4.69) is 73.8 Å². The lowest BCUT2D eigenvalue weighted by molar-refractivity contribution is -0.143. The molecule has 15 amide bonds. The molecule has 16 atom stereocenters. The zero-order chi connectivity index (χ0) is 85.6. The third-order valence-electron chi connectivity index (χ3n) is 18.4. The highest BCUT2D eigenvalue weighted by Crippen LogP contribution is 2.23. The summed E-state index contributed by atoms with van der Waals surface area (Å²) in [4.78, 5) is 226. The van der Waals surface area contributed by atoms with Crippen LogP contribution in [0.1, 0.15) is 117 Å². The number of carbonyl (C=O) groups is 16.